The summed E-state index contributed by atoms with van der Waals surface area (Å²) >= 11 is 0. The van der Waals surface area contributed by atoms with Crippen molar-refractivity contribution in [3.63, 3.8) is 0 Å². The Kier molecular flexibility index (Phi) is 2.01. The fourth-order valence-corrected chi connectivity index (χ4v) is 0.935. The molecule has 0 saturated carbocycles. The molecule has 0 aliphatic carbocycles. The van der Waals surface area contributed by atoms with E-state index in [0.717, 1.165) is 13.0 Å². The lowest BCUT2D eigenvalue weighted by Crippen LogP contribution is -2.40. The number of hydrogen-bond acceptors (Lipinski definition) is 2. The second-order valence-corrected chi connectivity index (χ2v) is 4.68. The second-order valence-electron chi connectivity index (χ2n) is 4.68. The Morgan fingerprint density at radius 3 is 2.09 bits per heavy atom. The topological polar surface area (TPSA) is 32.8 Å². The summed E-state index contributed by atoms with van der Waals surface area (Å²) in [5.74, 6) is 0. The molecule has 2 unspecified atom stereocenters. The minimum absolute atomic E-state index is 0.0566. The van der Waals surface area contributed by atoms with Gasteiger partial charge in [-0.15, -0.1) is 0 Å². The highest BCUT2D eigenvalue weighted by Gasteiger charge is 2.40. The van der Waals surface area contributed by atoms with Crippen molar-refractivity contribution >= 4 is 0 Å². The van der Waals surface area contributed by atoms with Gasteiger partial charge in [0, 0.05) is 6.42 Å². The average Bonchev–Trinajstić information content (AvgIpc) is 2.45. The predicted molar refractivity (Wildman–Crippen MR) is 44.4 cm³/mol. The van der Waals surface area contributed by atoms with Crippen LogP contribution in [0.5, 0.6) is 0 Å². The van der Waals surface area contributed by atoms with Crippen LogP contribution in [0.1, 0.15) is 34.1 Å². The van der Waals surface area contributed by atoms with Gasteiger partial charge < -0.3 is 9.84 Å². The van der Waals surface area contributed by atoms with Gasteiger partial charge in [-0.25, -0.2) is 0 Å². The Morgan fingerprint density at radius 2 is 1.82 bits per heavy atom. The Hall–Kier alpha value is -0.0800. The molecule has 0 aromatic rings. The molecule has 66 valence electrons. The van der Waals surface area contributed by atoms with E-state index < -0.39 is 5.60 Å². The standard InChI is InChI=1S/C9H18O2/c1-8(2,3)9(4,10)5-7-6-11-7/h7,10H,5-6H2,1-4H3. The zero-order chi connectivity index (χ0) is 8.70. The van der Waals surface area contributed by atoms with Gasteiger partial charge in [0.25, 0.3) is 0 Å². The zero-order valence-corrected chi connectivity index (χ0v) is 7.85. The molecule has 1 N–H and O–H groups in total. The van der Waals surface area contributed by atoms with Crippen LogP contribution in [0.4, 0.5) is 0 Å². The SMILES string of the molecule is CC(C)(C)C(C)(O)CC1CO1. The molecule has 1 heterocycles. The molecular weight excluding hydrogens is 140 g/mol. The van der Waals surface area contributed by atoms with Gasteiger partial charge >= 0.3 is 0 Å². The van der Waals surface area contributed by atoms with Gasteiger partial charge in [0.1, 0.15) is 0 Å². The van der Waals surface area contributed by atoms with E-state index in [1.807, 2.05) is 6.92 Å². The summed E-state index contributed by atoms with van der Waals surface area (Å²) in [6, 6.07) is 0. The first-order chi connectivity index (χ1) is 4.83. The molecule has 2 atom stereocenters. The van der Waals surface area contributed by atoms with Gasteiger partial charge in [0.15, 0.2) is 0 Å². The van der Waals surface area contributed by atoms with Gasteiger partial charge in [0.05, 0.1) is 18.3 Å². The Labute approximate surface area is 68.6 Å². The van der Waals surface area contributed by atoms with Crippen LogP contribution in [0.3, 0.4) is 0 Å². The minimum Gasteiger partial charge on any atom is -0.390 e. The molecule has 0 aromatic carbocycles. The maximum absolute atomic E-state index is 9.98. The maximum Gasteiger partial charge on any atom is 0.0837 e. The van der Waals surface area contributed by atoms with Gasteiger partial charge in [-0.3, -0.25) is 0 Å². The molecule has 0 radical (unpaired) electrons. The molecule has 1 saturated heterocycles. The summed E-state index contributed by atoms with van der Waals surface area (Å²) in [6.45, 7) is 8.86. The Bertz CT molecular complexity index is 140. The van der Waals surface area contributed by atoms with Crippen LogP contribution < -0.4 is 0 Å². The molecule has 0 spiro atoms. The number of rotatable bonds is 2. The van der Waals surface area contributed by atoms with Crippen molar-refractivity contribution in [2.24, 2.45) is 5.41 Å². The summed E-state index contributed by atoms with van der Waals surface area (Å²) in [5, 5.41) is 9.98. The first-order valence-electron chi connectivity index (χ1n) is 4.17. The molecule has 11 heavy (non-hydrogen) atoms. The Balaban J connectivity index is 2.49. The van der Waals surface area contributed by atoms with Gasteiger partial charge in [-0.1, -0.05) is 20.8 Å². The van der Waals surface area contributed by atoms with E-state index in [9.17, 15) is 5.11 Å². The smallest absolute Gasteiger partial charge is 0.0837 e. The van der Waals surface area contributed by atoms with Crippen LogP contribution in [0.15, 0.2) is 0 Å². The quantitative estimate of drug-likeness (QED) is 0.619. The molecule has 1 aliphatic heterocycles. The first-order valence-corrected chi connectivity index (χ1v) is 4.17. The van der Waals surface area contributed by atoms with Crippen molar-refractivity contribution in [1.82, 2.24) is 0 Å². The van der Waals surface area contributed by atoms with Gasteiger partial charge in [-0.2, -0.15) is 0 Å². The van der Waals surface area contributed by atoms with E-state index in [2.05, 4.69) is 20.8 Å². The third kappa shape index (κ3) is 2.17. The monoisotopic (exact) mass is 158 g/mol. The van der Waals surface area contributed by atoms with Crippen LogP contribution in [0.25, 0.3) is 0 Å². The van der Waals surface area contributed by atoms with E-state index >= 15 is 0 Å². The van der Waals surface area contributed by atoms with Crippen molar-refractivity contribution < 1.29 is 9.84 Å². The van der Waals surface area contributed by atoms with Crippen molar-refractivity contribution in [2.75, 3.05) is 6.61 Å². The molecule has 0 aromatic heterocycles. The number of epoxide rings is 1. The summed E-state index contributed by atoms with van der Waals surface area (Å²) in [7, 11) is 0. The van der Waals surface area contributed by atoms with Crippen molar-refractivity contribution in [2.45, 2.75) is 45.8 Å². The maximum atomic E-state index is 9.98. The molecule has 0 amide bonds. The Morgan fingerprint density at radius 1 is 1.36 bits per heavy atom. The fraction of sp³-hybridized carbons (Fsp3) is 1.00. The van der Waals surface area contributed by atoms with Crippen LogP contribution in [-0.2, 0) is 4.74 Å². The van der Waals surface area contributed by atoms with Crippen LogP contribution in [0.2, 0.25) is 0 Å². The van der Waals surface area contributed by atoms with Gasteiger partial charge in [0.2, 0.25) is 0 Å². The minimum atomic E-state index is -0.603. The summed E-state index contributed by atoms with van der Waals surface area (Å²) < 4.78 is 5.08. The molecule has 1 rings (SSSR count). The average molecular weight is 158 g/mol. The number of ether oxygens (including phenoxy) is 1. The highest BCUT2D eigenvalue weighted by atomic mass is 16.6. The lowest BCUT2D eigenvalue weighted by atomic mass is 9.75. The van der Waals surface area contributed by atoms with Crippen molar-refractivity contribution in [1.29, 1.82) is 0 Å². The lowest BCUT2D eigenvalue weighted by molar-refractivity contribution is -0.0525. The zero-order valence-electron chi connectivity index (χ0n) is 7.85. The van der Waals surface area contributed by atoms with E-state index in [0.29, 0.717) is 6.10 Å². The molecule has 2 nitrogen and oxygen atoms in total. The third-order valence-electron chi connectivity index (χ3n) is 2.64. The predicted octanol–water partition coefficient (Wildman–Crippen LogP) is 1.57. The normalized spacial score (nSPS) is 29.7. The van der Waals surface area contributed by atoms with E-state index in [-0.39, 0.29) is 5.41 Å². The highest BCUT2D eigenvalue weighted by molar-refractivity contribution is 4.91. The second kappa shape index (κ2) is 2.46. The van der Waals surface area contributed by atoms with Crippen molar-refractivity contribution in [3.05, 3.63) is 0 Å². The lowest BCUT2D eigenvalue weighted by Gasteiger charge is -2.36. The molecule has 2 heteroatoms. The van der Waals surface area contributed by atoms with Gasteiger partial charge in [-0.05, 0) is 12.3 Å². The summed E-state index contributed by atoms with van der Waals surface area (Å²) in [4.78, 5) is 0. The summed E-state index contributed by atoms with van der Waals surface area (Å²) in [5.41, 5.74) is -0.660. The largest absolute Gasteiger partial charge is 0.390 e. The van der Waals surface area contributed by atoms with E-state index in [1.165, 1.54) is 0 Å². The van der Waals surface area contributed by atoms with E-state index in [4.69, 9.17) is 4.74 Å². The number of hydrogen-bond donors (Lipinski definition) is 1. The molecule has 1 aliphatic rings. The molecule has 1 fully saturated rings. The first kappa shape index (κ1) is 9.01. The fourth-order valence-electron chi connectivity index (χ4n) is 0.935. The molecular formula is C9H18O2. The van der Waals surface area contributed by atoms with Crippen LogP contribution >= 0.6 is 0 Å². The molecule has 0 bridgehead atoms. The highest BCUT2D eigenvalue weighted by Crippen LogP contribution is 2.36. The van der Waals surface area contributed by atoms with Crippen molar-refractivity contribution in [3.8, 4) is 0 Å². The number of aliphatic hydroxyl groups is 1. The summed E-state index contributed by atoms with van der Waals surface area (Å²) in [6.07, 6.45) is 1.07. The third-order valence-corrected chi connectivity index (χ3v) is 2.64. The van der Waals surface area contributed by atoms with Crippen LogP contribution in [0, 0.1) is 5.41 Å². The van der Waals surface area contributed by atoms with E-state index in [1.54, 1.807) is 0 Å². The van der Waals surface area contributed by atoms with Crippen LogP contribution in [-0.4, -0.2) is 23.4 Å².